The number of aromatic nitrogens is 3. The number of nitrogens with one attached hydrogen (secondary N) is 1. The normalized spacial score (nSPS) is 20.0. The molecule has 0 aliphatic carbocycles. The van der Waals surface area contributed by atoms with Gasteiger partial charge in [0.25, 0.3) is 0 Å². The van der Waals surface area contributed by atoms with E-state index < -0.39 is 18.0 Å². The Kier molecular flexibility index (Phi) is 3.44. The molecular formula is C7H9N5O4S. The first-order valence-corrected chi connectivity index (χ1v) is 5.49. The Hall–Kier alpha value is -1.81. The van der Waals surface area contributed by atoms with Gasteiger partial charge in [0.2, 0.25) is 5.13 Å². The van der Waals surface area contributed by atoms with Crippen molar-refractivity contribution in [3.8, 4) is 0 Å². The minimum atomic E-state index is -1.10. The lowest BCUT2D eigenvalue weighted by molar-refractivity contribution is -0.147. The molecule has 0 bridgehead atoms. The molecule has 2 heterocycles. The molecule has 1 aromatic heterocycles. The SMILES string of the molecule is O=C(O)C1COCCN1C(=O)Nc1nnns1. The van der Waals surface area contributed by atoms with Crippen LogP contribution >= 0.6 is 11.5 Å². The molecule has 0 saturated carbocycles. The number of carbonyl (C=O) groups excluding carboxylic acids is 1. The van der Waals surface area contributed by atoms with Crippen LogP contribution in [0.15, 0.2) is 0 Å². The van der Waals surface area contributed by atoms with Crippen LogP contribution < -0.4 is 5.32 Å². The van der Waals surface area contributed by atoms with E-state index in [0.29, 0.717) is 6.61 Å². The van der Waals surface area contributed by atoms with Crippen molar-refractivity contribution in [3.63, 3.8) is 0 Å². The highest BCUT2D eigenvalue weighted by Crippen LogP contribution is 2.11. The molecule has 92 valence electrons. The van der Waals surface area contributed by atoms with E-state index >= 15 is 0 Å². The van der Waals surface area contributed by atoms with E-state index in [4.69, 9.17) is 9.84 Å². The van der Waals surface area contributed by atoms with Gasteiger partial charge in [-0.05, 0) is 5.21 Å². The minimum absolute atomic E-state index is 0.0167. The fourth-order valence-electron chi connectivity index (χ4n) is 1.40. The zero-order valence-electron chi connectivity index (χ0n) is 8.57. The Morgan fingerprint density at radius 2 is 2.41 bits per heavy atom. The molecule has 0 aromatic carbocycles. The number of ether oxygens (including phenoxy) is 1. The molecule has 2 rings (SSSR count). The summed E-state index contributed by atoms with van der Waals surface area (Å²) in [5.41, 5.74) is 0. The number of hydrogen-bond acceptors (Lipinski definition) is 7. The average molecular weight is 259 g/mol. The lowest BCUT2D eigenvalue weighted by Crippen LogP contribution is -2.53. The van der Waals surface area contributed by atoms with Crippen molar-refractivity contribution in [2.24, 2.45) is 0 Å². The van der Waals surface area contributed by atoms with Crippen LogP contribution in [0.2, 0.25) is 0 Å². The van der Waals surface area contributed by atoms with Crippen LogP contribution in [0, 0.1) is 0 Å². The second-order valence-electron chi connectivity index (χ2n) is 3.22. The van der Waals surface area contributed by atoms with E-state index in [1.165, 1.54) is 4.90 Å². The summed E-state index contributed by atoms with van der Waals surface area (Å²) in [7, 11) is 0. The van der Waals surface area contributed by atoms with Crippen LogP contribution in [-0.2, 0) is 9.53 Å². The van der Waals surface area contributed by atoms with Gasteiger partial charge in [-0.2, -0.15) is 0 Å². The monoisotopic (exact) mass is 259 g/mol. The molecule has 0 spiro atoms. The van der Waals surface area contributed by atoms with Crippen molar-refractivity contribution in [3.05, 3.63) is 0 Å². The minimum Gasteiger partial charge on any atom is -0.480 e. The highest BCUT2D eigenvalue weighted by atomic mass is 32.1. The first kappa shape index (κ1) is 11.7. The summed E-state index contributed by atoms with van der Waals surface area (Å²) in [5.74, 6) is -1.10. The Labute approximate surface area is 99.5 Å². The first-order valence-electron chi connectivity index (χ1n) is 4.71. The smallest absolute Gasteiger partial charge is 0.328 e. The summed E-state index contributed by atoms with van der Waals surface area (Å²) >= 11 is 0.915. The number of anilines is 1. The number of carbonyl (C=O) groups is 2. The van der Waals surface area contributed by atoms with Crippen molar-refractivity contribution < 1.29 is 19.4 Å². The maximum atomic E-state index is 11.8. The topological polar surface area (TPSA) is 118 Å². The molecule has 1 atom stereocenters. The fourth-order valence-corrected chi connectivity index (χ4v) is 1.75. The van der Waals surface area contributed by atoms with Gasteiger partial charge in [-0.15, -0.1) is 0 Å². The summed E-state index contributed by atoms with van der Waals surface area (Å²) in [4.78, 5) is 23.9. The molecule has 1 saturated heterocycles. The molecule has 0 radical (unpaired) electrons. The standard InChI is InChI=1S/C7H9N5O4S/c13-5(14)4-3-16-2-1-12(4)7(15)8-6-9-10-11-17-6/h4H,1-3H2,(H,13,14)(H,8,9,11,15). The highest BCUT2D eigenvalue weighted by Gasteiger charge is 2.33. The molecule has 17 heavy (non-hydrogen) atoms. The van der Waals surface area contributed by atoms with E-state index in [1.807, 2.05) is 0 Å². The van der Waals surface area contributed by atoms with Crippen molar-refractivity contribution in [1.82, 2.24) is 19.7 Å². The van der Waals surface area contributed by atoms with E-state index in [9.17, 15) is 9.59 Å². The first-order chi connectivity index (χ1) is 8.18. The van der Waals surface area contributed by atoms with Crippen LogP contribution in [0.5, 0.6) is 0 Å². The average Bonchev–Trinajstić information content (AvgIpc) is 2.81. The lowest BCUT2D eigenvalue weighted by atomic mass is 10.2. The Morgan fingerprint density at radius 1 is 1.59 bits per heavy atom. The maximum Gasteiger partial charge on any atom is 0.328 e. The van der Waals surface area contributed by atoms with Crippen molar-refractivity contribution in [2.45, 2.75) is 6.04 Å². The zero-order valence-corrected chi connectivity index (χ0v) is 9.38. The Bertz CT molecular complexity index is 410. The number of rotatable bonds is 2. The van der Waals surface area contributed by atoms with Gasteiger partial charge in [0, 0.05) is 18.1 Å². The third kappa shape index (κ3) is 2.65. The molecule has 1 aromatic rings. The molecule has 1 unspecified atom stereocenters. The van der Waals surface area contributed by atoms with E-state index in [2.05, 4.69) is 20.1 Å². The van der Waals surface area contributed by atoms with Crippen LogP contribution in [-0.4, -0.2) is 62.6 Å². The van der Waals surface area contributed by atoms with Gasteiger partial charge in [0.05, 0.1) is 13.2 Å². The third-order valence-corrected chi connectivity index (χ3v) is 2.70. The number of hydrogen-bond donors (Lipinski definition) is 2. The summed E-state index contributed by atoms with van der Waals surface area (Å²) in [6.07, 6.45) is 0. The van der Waals surface area contributed by atoms with Gasteiger partial charge in [-0.3, -0.25) is 5.32 Å². The van der Waals surface area contributed by atoms with Crippen LogP contribution in [0.1, 0.15) is 0 Å². The predicted octanol–water partition coefficient (Wildman–Crippen LogP) is -0.750. The Morgan fingerprint density at radius 3 is 3.06 bits per heavy atom. The lowest BCUT2D eigenvalue weighted by Gasteiger charge is -2.32. The van der Waals surface area contributed by atoms with Gasteiger partial charge < -0.3 is 14.7 Å². The number of urea groups is 1. The third-order valence-electron chi connectivity index (χ3n) is 2.19. The summed E-state index contributed by atoms with van der Waals surface area (Å²) < 4.78 is 8.50. The molecule has 1 aliphatic rings. The molecule has 9 nitrogen and oxygen atoms in total. The number of carboxylic acids is 1. The molecule has 2 N–H and O–H groups in total. The van der Waals surface area contributed by atoms with Crippen LogP contribution in [0.3, 0.4) is 0 Å². The van der Waals surface area contributed by atoms with Gasteiger partial charge in [0.1, 0.15) is 0 Å². The molecule has 1 aliphatic heterocycles. The largest absolute Gasteiger partial charge is 0.480 e. The number of aliphatic carboxylic acids is 1. The predicted molar refractivity (Wildman–Crippen MR) is 55.7 cm³/mol. The molecular weight excluding hydrogens is 250 g/mol. The van der Waals surface area contributed by atoms with Gasteiger partial charge in [-0.1, -0.05) is 9.59 Å². The number of amides is 2. The van der Waals surface area contributed by atoms with Crippen LogP contribution in [0.25, 0.3) is 0 Å². The summed E-state index contributed by atoms with van der Waals surface area (Å²) in [5, 5.41) is 18.5. The van der Waals surface area contributed by atoms with Gasteiger partial charge in [-0.25, -0.2) is 9.59 Å². The number of morpholine rings is 1. The van der Waals surface area contributed by atoms with Crippen molar-refractivity contribution in [2.75, 3.05) is 25.1 Å². The second kappa shape index (κ2) is 5.01. The Balaban J connectivity index is 2.03. The van der Waals surface area contributed by atoms with Crippen molar-refractivity contribution in [1.29, 1.82) is 0 Å². The second-order valence-corrected chi connectivity index (χ2v) is 3.95. The quantitative estimate of drug-likeness (QED) is 0.717. The van der Waals surface area contributed by atoms with Gasteiger partial charge in [0.15, 0.2) is 6.04 Å². The van der Waals surface area contributed by atoms with Crippen LogP contribution in [0.4, 0.5) is 9.93 Å². The summed E-state index contributed by atoms with van der Waals surface area (Å²) in [6, 6.07) is -1.52. The number of carboxylic acid groups (broad SMARTS) is 1. The number of nitrogens with zero attached hydrogens (tertiary/aromatic N) is 4. The maximum absolute atomic E-state index is 11.8. The molecule has 2 amide bonds. The van der Waals surface area contributed by atoms with Gasteiger partial charge >= 0.3 is 12.0 Å². The summed E-state index contributed by atoms with van der Waals surface area (Å²) in [6.45, 7) is 0.512. The fraction of sp³-hybridized carbons (Fsp3) is 0.571. The molecule has 10 heteroatoms. The highest BCUT2D eigenvalue weighted by molar-refractivity contribution is 7.09. The van der Waals surface area contributed by atoms with E-state index in [0.717, 1.165) is 11.5 Å². The molecule has 1 fully saturated rings. The van der Waals surface area contributed by atoms with Crippen molar-refractivity contribution >= 4 is 28.7 Å². The van der Waals surface area contributed by atoms with E-state index in [1.54, 1.807) is 0 Å². The zero-order chi connectivity index (χ0) is 12.3. The van der Waals surface area contributed by atoms with E-state index in [-0.39, 0.29) is 18.3 Å².